The molecular weight excluding hydrogens is 124 g/mol. The highest BCUT2D eigenvalue weighted by Crippen LogP contribution is 2.19. The van der Waals surface area contributed by atoms with Crippen LogP contribution in [0.5, 0.6) is 0 Å². The van der Waals surface area contributed by atoms with Crippen LogP contribution < -0.4 is 5.32 Å². The molecule has 2 atom stereocenters. The fraction of sp³-hybridized carbons (Fsp3) is 1.00. The molecule has 0 amide bonds. The molecule has 1 N–H and O–H groups in total. The standard InChI is InChI=1S/C8H16N2/c1-7-4-6-10-5-2-3-8(10)9-7/h7-9H,2-6H2,1H3/t7-,8+/m1/s1. The molecule has 0 saturated carbocycles. The maximum absolute atomic E-state index is 3.60. The van der Waals surface area contributed by atoms with Crippen LogP contribution in [0.1, 0.15) is 26.2 Å². The first kappa shape index (κ1) is 6.62. The zero-order valence-corrected chi connectivity index (χ0v) is 6.64. The molecule has 0 aromatic carbocycles. The Balaban J connectivity index is 1.96. The summed E-state index contributed by atoms with van der Waals surface area (Å²) in [5.41, 5.74) is 0. The molecule has 2 nitrogen and oxygen atoms in total. The topological polar surface area (TPSA) is 15.3 Å². The van der Waals surface area contributed by atoms with Gasteiger partial charge in [0.25, 0.3) is 0 Å². The van der Waals surface area contributed by atoms with Gasteiger partial charge in [0.1, 0.15) is 0 Å². The van der Waals surface area contributed by atoms with Crippen LogP contribution in [0, 0.1) is 0 Å². The van der Waals surface area contributed by atoms with E-state index in [0.29, 0.717) is 0 Å². The van der Waals surface area contributed by atoms with Gasteiger partial charge in [-0.3, -0.25) is 10.2 Å². The Kier molecular flexibility index (Phi) is 1.66. The zero-order valence-electron chi connectivity index (χ0n) is 6.64. The van der Waals surface area contributed by atoms with Crippen molar-refractivity contribution < 1.29 is 0 Å². The van der Waals surface area contributed by atoms with Gasteiger partial charge in [0.05, 0.1) is 6.17 Å². The van der Waals surface area contributed by atoms with Crippen molar-refractivity contribution in [2.45, 2.75) is 38.4 Å². The SMILES string of the molecule is C[C@@H]1CCN2CCC[C@H]2N1. The van der Waals surface area contributed by atoms with E-state index in [9.17, 15) is 0 Å². The minimum Gasteiger partial charge on any atom is -0.299 e. The molecule has 2 saturated heterocycles. The first-order valence-electron chi connectivity index (χ1n) is 4.36. The van der Waals surface area contributed by atoms with Gasteiger partial charge in [-0.2, -0.15) is 0 Å². The van der Waals surface area contributed by atoms with Gasteiger partial charge in [-0.05, 0) is 32.7 Å². The summed E-state index contributed by atoms with van der Waals surface area (Å²) in [4.78, 5) is 2.57. The van der Waals surface area contributed by atoms with Crippen molar-refractivity contribution in [1.29, 1.82) is 0 Å². The molecule has 2 heterocycles. The fourth-order valence-corrected chi connectivity index (χ4v) is 2.05. The maximum Gasteiger partial charge on any atom is 0.0599 e. The quantitative estimate of drug-likeness (QED) is 0.535. The van der Waals surface area contributed by atoms with E-state index in [1.54, 1.807) is 0 Å². The van der Waals surface area contributed by atoms with Crippen molar-refractivity contribution in [3.8, 4) is 0 Å². The summed E-state index contributed by atoms with van der Waals surface area (Å²) < 4.78 is 0. The van der Waals surface area contributed by atoms with Crippen LogP contribution in [0.4, 0.5) is 0 Å². The van der Waals surface area contributed by atoms with Crippen LogP contribution >= 0.6 is 0 Å². The number of hydrogen-bond acceptors (Lipinski definition) is 2. The second-order valence-electron chi connectivity index (χ2n) is 3.55. The van der Waals surface area contributed by atoms with E-state index in [1.807, 2.05) is 0 Å². The summed E-state index contributed by atoms with van der Waals surface area (Å²) in [7, 11) is 0. The lowest BCUT2D eigenvalue weighted by Crippen LogP contribution is -2.51. The Hall–Kier alpha value is -0.0800. The van der Waals surface area contributed by atoms with E-state index < -0.39 is 0 Å². The lowest BCUT2D eigenvalue weighted by Gasteiger charge is -2.34. The van der Waals surface area contributed by atoms with E-state index in [1.165, 1.54) is 32.4 Å². The molecule has 0 spiro atoms. The Morgan fingerprint density at radius 2 is 2.20 bits per heavy atom. The summed E-state index contributed by atoms with van der Waals surface area (Å²) in [5, 5.41) is 3.60. The number of hydrogen-bond donors (Lipinski definition) is 1. The van der Waals surface area contributed by atoms with Crippen molar-refractivity contribution in [3.63, 3.8) is 0 Å². The monoisotopic (exact) mass is 140 g/mol. The number of nitrogens with zero attached hydrogens (tertiary/aromatic N) is 1. The van der Waals surface area contributed by atoms with E-state index in [4.69, 9.17) is 0 Å². The molecule has 2 heteroatoms. The van der Waals surface area contributed by atoms with Gasteiger partial charge in [-0.1, -0.05) is 0 Å². The van der Waals surface area contributed by atoms with Gasteiger partial charge in [0, 0.05) is 12.6 Å². The lowest BCUT2D eigenvalue weighted by molar-refractivity contribution is 0.151. The Morgan fingerprint density at radius 3 is 3.10 bits per heavy atom. The molecule has 0 radical (unpaired) electrons. The molecule has 2 aliphatic heterocycles. The highest BCUT2D eigenvalue weighted by Gasteiger charge is 2.28. The van der Waals surface area contributed by atoms with E-state index in [2.05, 4.69) is 17.1 Å². The van der Waals surface area contributed by atoms with Crippen molar-refractivity contribution >= 4 is 0 Å². The summed E-state index contributed by atoms with van der Waals surface area (Å²) >= 11 is 0. The number of nitrogens with one attached hydrogen (secondary N) is 1. The lowest BCUT2D eigenvalue weighted by atomic mass is 10.1. The molecule has 10 heavy (non-hydrogen) atoms. The van der Waals surface area contributed by atoms with Gasteiger partial charge in [0.2, 0.25) is 0 Å². The van der Waals surface area contributed by atoms with Crippen LogP contribution in [0.25, 0.3) is 0 Å². The van der Waals surface area contributed by atoms with Crippen molar-refractivity contribution in [2.75, 3.05) is 13.1 Å². The molecule has 58 valence electrons. The van der Waals surface area contributed by atoms with Crippen LogP contribution in [0.3, 0.4) is 0 Å². The van der Waals surface area contributed by atoms with Crippen molar-refractivity contribution in [1.82, 2.24) is 10.2 Å². The van der Waals surface area contributed by atoms with Gasteiger partial charge >= 0.3 is 0 Å². The fourth-order valence-electron chi connectivity index (χ4n) is 2.05. The predicted molar refractivity (Wildman–Crippen MR) is 41.8 cm³/mol. The van der Waals surface area contributed by atoms with Crippen LogP contribution in [0.2, 0.25) is 0 Å². The van der Waals surface area contributed by atoms with Gasteiger partial charge in [-0.15, -0.1) is 0 Å². The maximum atomic E-state index is 3.60. The first-order chi connectivity index (χ1) is 4.86. The van der Waals surface area contributed by atoms with Crippen LogP contribution in [-0.2, 0) is 0 Å². The molecular formula is C8H16N2. The number of fused-ring (bicyclic) bond motifs is 1. The molecule has 0 aromatic heterocycles. The number of rotatable bonds is 0. The summed E-state index contributed by atoms with van der Waals surface area (Å²) in [5.74, 6) is 0. The largest absolute Gasteiger partial charge is 0.299 e. The zero-order chi connectivity index (χ0) is 6.97. The van der Waals surface area contributed by atoms with Crippen LogP contribution in [-0.4, -0.2) is 30.2 Å². The molecule has 0 unspecified atom stereocenters. The molecule has 0 aliphatic carbocycles. The highest BCUT2D eigenvalue weighted by molar-refractivity contribution is 4.84. The smallest absolute Gasteiger partial charge is 0.0599 e. The third-order valence-corrected chi connectivity index (χ3v) is 2.69. The predicted octanol–water partition coefficient (Wildman–Crippen LogP) is 0.790. The summed E-state index contributed by atoms with van der Waals surface area (Å²) in [6, 6.07) is 0.749. The third-order valence-electron chi connectivity index (χ3n) is 2.69. The first-order valence-corrected chi connectivity index (χ1v) is 4.36. The molecule has 2 fully saturated rings. The molecule has 0 bridgehead atoms. The molecule has 0 aromatic rings. The minimum atomic E-state index is 0.726. The van der Waals surface area contributed by atoms with Crippen molar-refractivity contribution in [2.24, 2.45) is 0 Å². The third kappa shape index (κ3) is 1.06. The second kappa shape index (κ2) is 2.51. The Morgan fingerprint density at radius 1 is 1.30 bits per heavy atom. The van der Waals surface area contributed by atoms with E-state index in [0.717, 1.165) is 12.2 Å². The van der Waals surface area contributed by atoms with Gasteiger partial charge in [-0.25, -0.2) is 0 Å². The Labute approximate surface area is 62.6 Å². The molecule has 2 aliphatic rings. The normalized spacial score (nSPS) is 41.7. The van der Waals surface area contributed by atoms with Gasteiger partial charge in [0.15, 0.2) is 0 Å². The summed E-state index contributed by atoms with van der Waals surface area (Å²) in [6.07, 6.45) is 4.81. The average molecular weight is 140 g/mol. The summed E-state index contributed by atoms with van der Waals surface area (Å²) in [6.45, 7) is 4.93. The minimum absolute atomic E-state index is 0.726. The Bertz CT molecular complexity index is 124. The average Bonchev–Trinajstić information content (AvgIpc) is 2.33. The van der Waals surface area contributed by atoms with Crippen LogP contribution in [0.15, 0.2) is 0 Å². The van der Waals surface area contributed by atoms with E-state index in [-0.39, 0.29) is 0 Å². The van der Waals surface area contributed by atoms with Crippen molar-refractivity contribution in [3.05, 3.63) is 0 Å². The van der Waals surface area contributed by atoms with Gasteiger partial charge < -0.3 is 0 Å². The van der Waals surface area contributed by atoms with E-state index >= 15 is 0 Å². The second-order valence-corrected chi connectivity index (χ2v) is 3.55. The molecule has 2 rings (SSSR count). The highest BCUT2D eigenvalue weighted by atomic mass is 15.3.